The highest BCUT2D eigenvalue weighted by molar-refractivity contribution is 5.10. The topological polar surface area (TPSA) is 43.4 Å². The quantitative estimate of drug-likeness (QED) is 0.820. The summed E-state index contributed by atoms with van der Waals surface area (Å²) in [4.78, 5) is 2.24. The summed E-state index contributed by atoms with van der Waals surface area (Å²) in [5, 5.41) is 4.21. The number of nitrogens with zero attached hydrogens (tertiary/aromatic N) is 3. The van der Waals surface area contributed by atoms with Crippen molar-refractivity contribution in [1.29, 1.82) is 0 Å². The average Bonchev–Trinajstić information content (AvgIpc) is 3.17. The summed E-state index contributed by atoms with van der Waals surface area (Å²) >= 11 is 0. The minimum Gasteiger partial charge on any atom is -0.462 e. The Labute approximate surface area is 125 Å². The second-order valence-electron chi connectivity index (χ2n) is 5.67. The Morgan fingerprint density at radius 2 is 2.33 bits per heavy atom. The number of aromatic nitrogens is 2. The predicted octanol–water partition coefficient (Wildman–Crippen LogP) is 2.85. The van der Waals surface area contributed by atoms with Gasteiger partial charge in [-0.15, -0.1) is 0 Å². The summed E-state index contributed by atoms with van der Waals surface area (Å²) in [5.74, 6) is 1.98. The van der Waals surface area contributed by atoms with Crippen molar-refractivity contribution in [2.45, 2.75) is 38.5 Å². The van der Waals surface area contributed by atoms with Crippen LogP contribution in [0.5, 0.6) is 0 Å². The molecule has 2 aromatic heterocycles. The fourth-order valence-electron chi connectivity index (χ4n) is 2.67. The van der Waals surface area contributed by atoms with E-state index in [-0.39, 0.29) is 6.10 Å². The molecule has 3 heterocycles. The van der Waals surface area contributed by atoms with E-state index in [4.69, 9.17) is 9.15 Å². The van der Waals surface area contributed by atoms with Crippen molar-refractivity contribution in [2.24, 2.45) is 0 Å². The van der Waals surface area contributed by atoms with E-state index in [0.29, 0.717) is 0 Å². The Morgan fingerprint density at radius 1 is 1.38 bits per heavy atom. The van der Waals surface area contributed by atoms with Crippen LogP contribution < -0.4 is 0 Å². The number of rotatable bonds is 6. The molecule has 114 valence electrons. The van der Waals surface area contributed by atoms with Gasteiger partial charge in [0, 0.05) is 25.5 Å². The largest absolute Gasteiger partial charge is 0.462 e. The van der Waals surface area contributed by atoms with Crippen molar-refractivity contribution in [1.82, 2.24) is 14.7 Å². The fourth-order valence-corrected chi connectivity index (χ4v) is 2.67. The summed E-state index contributed by atoms with van der Waals surface area (Å²) in [7, 11) is 2.10. The van der Waals surface area contributed by atoms with E-state index in [1.54, 1.807) is 0 Å². The van der Waals surface area contributed by atoms with Gasteiger partial charge in [0.15, 0.2) is 0 Å². The molecular weight excluding hydrogens is 266 g/mol. The third-order valence-corrected chi connectivity index (χ3v) is 3.88. The molecule has 0 spiro atoms. The van der Waals surface area contributed by atoms with Crippen LogP contribution in [-0.2, 0) is 17.8 Å². The van der Waals surface area contributed by atoms with E-state index in [2.05, 4.69) is 29.2 Å². The van der Waals surface area contributed by atoms with Gasteiger partial charge < -0.3 is 9.15 Å². The number of ether oxygens (including phenoxy) is 1. The zero-order chi connectivity index (χ0) is 14.5. The summed E-state index contributed by atoms with van der Waals surface area (Å²) in [6, 6.07) is 6.08. The Balaban J connectivity index is 1.49. The molecule has 1 aliphatic rings. The first kappa shape index (κ1) is 14.4. The first-order valence-corrected chi connectivity index (χ1v) is 7.67. The molecule has 5 heteroatoms. The number of hydrogen-bond acceptors (Lipinski definition) is 4. The third kappa shape index (κ3) is 3.95. The standard InChI is InChI=1S/C16H23N3O2/c1-18(10-11-19-9-4-8-17-19)13-14-6-7-16(21-14)15-5-2-3-12-20-15/h4,6-9,15H,2-3,5,10-13H2,1H3/t15-/m1/s1. The van der Waals surface area contributed by atoms with Crippen molar-refractivity contribution >= 4 is 0 Å². The maximum absolute atomic E-state index is 5.94. The van der Waals surface area contributed by atoms with Gasteiger partial charge in [0.05, 0.1) is 13.1 Å². The highest BCUT2D eigenvalue weighted by Gasteiger charge is 2.19. The van der Waals surface area contributed by atoms with Crippen molar-refractivity contribution in [2.75, 3.05) is 20.2 Å². The molecular formula is C16H23N3O2. The highest BCUT2D eigenvalue weighted by Crippen LogP contribution is 2.29. The molecule has 1 aliphatic heterocycles. The average molecular weight is 289 g/mol. The molecule has 0 saturated carbocycles. The summed E-state index contributed by atoms with van der Waals surface area (Å²) in [6.07, 6.45) is 7.41. The molecule has 21 heavy (non-hydrogen) atoms. The van der Waals surface area contributed by atoms with Crippen LogP contribution in [0.4, 0.5) is 0 Å². The molecule has 3 rings (SSSR count). The first-order chi connectivity index (χ1) is 10.3. The van der Waals surface area contributed by atoms with E-state index >= 15 is 0 Å². The van der Waals surface area contributed by atoms with Gasteiger partial charge in [0.25, 0.3) is 0 Å². The van der Waals surface area contributed by atoms with Gasteiger partial charge in [-0.25, -0.2) is 0 Å². The molecule has 0 radical (unpaired) electrons. The molecule has 1 saturated heterocycles. The van der Waals surface area contributed by atoms with Crippen LogP contribution in [0.2, 0.25) is 0 Å². The summed E-state index contributed by atoms with van der Waals surface area (Å²) in [6.45, 7) is 3.50. The Bertz CT molecular complexity index is 529. The normalized spacial score (nSPS) is 19.2. The molecule has 0 aromatic carbocycles. The smallest absolute Gasteiger partial charge is 0.133 e. The molecule has 5 nitrogen and oxygen atoms in total. The third-order valence-electron chi connectivity index (χ3n) is 3.88. The van der Waals surface area contributed by atoms with Gasteiger partial charge in [-0.05, 0) is 44.5 Å². The van der Waals surface area contributed by atoms with E-state index in [1.807, 2.05) is 23.1 Å². The Kier molecular flexibility index (Phi) is 4.72. The lowest BCUT2D eigenvalue weighted by Gasteiger charge is -2.20. The lowest BCUT2D eigenvalue weighted by Crippen LogP contribution is -2.22. The van der Waals surface area contributed by atoms with Crippen LogP contribution in [0.25, 0.3) is 0 Å². The van der Waals surface area contributed by atoms with Gasteiger partial charge >= 0.3 is 0 Å². The van der Waals surface area contributed by atoms with Crippen LogP contribution >= 0.6 is 0 Å². The lowest BCUT2D eigenvalue weighted by atomic mass is 10.1. The van der Waals surface area contributed by atoms with E-state index < -0.39 is 0 Å². The molecule has 0 unspecified atom stereocenters. The van der Waals surface area contributed by atoms with Crippen LogP contribution in [0, 0.1) is 0 Å². The van der Waals surface area contributed by atoms with Crippen LogP contribution in [0.1, 0.15) is 36.9 Å². The molecule has 1 atom stereocenters. The van der Waals surface area contributed by atoms with E-state index in [9.17, 15) is 0 Å². The zero-order valence-electron chi connectivity index (χ0n) is 12.6. The second kappa shape index (κ2) is 6.91. The lowest BCUT2D eigenvalue weighted by molar-refractivity contribution is 0.000921. The molecule has 2 aromatic rings. The van der Waals surface area contributed by atoms with Gasteiger partial charge in [0.1, 0.15) is 17.6 Å². The fraction of sp³-hybridized carbons (Fsp3) is 0.562. The molecule has 1 fully saturated rings. The van der Waals surface area contributed by atoms with Gasteiger partial charge in [-0.2, -0.15) is 5.10 Å². The Morgan fingerprint density at radius 3 is 3.10 bits per heavy atom. The molecule has 0 amide bonds. The number of likely N-dealkylation sites (N-methyl/N-ethyl adjacent to an activating group) is 1. The van der Waals surface area contributed by atoms with Gasteiger partial charge in [-0.3, -0.25) is 9.58 Å². The maximum Gasteiger partial charge on any atom is 0.133 e. The Hall–Kier alpha value is -1.59. The van der Waals surface area contributed by atoms with Crippen LogP contribution in [0.15, 0.2) is 35.0 Å². The van der Waals surface area contributed by atoms with Gasteiger partial charge in [0.2, 0.25) is 0 Å². The molecule has 0 aliphatic carbocycles. The van der Waals surface area contributed by atoms with E-state index in [1.165, 1.54) is 12.8 Å². The SMILES string of the molecule is CN(CCn1cccn1)Cc1ccc([C@H]2CCCCO2)o1. The summed E-state index contributed by atoms with van der Waals surface area (Å²) in [5.41, 5.74) is 0. The van der Waals surface area contributed by atoms with Gasteiger partial charge in [-0.1, -0.05) is 0 Å². The van der Waals surface area contributed by atoms with Crippen molar-refractivity contribution in [3.8, 4) is 0 Å². The monoisotopic (exact) mass is 289 g/mol. The van der Waals surface area contributed by atoms with E-state index in [0.717, 1.165) is 44.2 Å². The van der Waals surface area contributed by atoms with Crippen molar-refractivity contribution in [3.63, 3.8) is 0 Å². The number of hydrogen-bond donors (Lipinski definition) is 0. The minimum absolute atomic E-state index is 0.155. The zero-order valence-corrected chi connectivity index (χ0v) is 12.6. The maximum atomic E-state index is 5.94. The number of furan rings is 1. The predicted molar refractivity (Wildman–Crippen MR) is 79.8 cm³/mol. The first-order valence-electron chi connectivity index (χ1n) is 7.67. The molecule has 0 N–H and O–H groups in total. The van der Waals surface area contributed by atoms with Crippen LogP contribution in [0.3, 0.4) is 0 Å². The highest BCUT2D eigenvalue weighted by atomic mass is 16.5. The molecule has 0 bridgehead atoms. The van der Waals surface area contributed by atoms with Crippen molar-refractivity contribution in [3.05, 3.63) is 42.1 Å². The second-order valence-corrected chi connectivity index (χ2v) is 5.67. The minimum atomic E-state index is 0.155. The van der Waals surface area contributed by atoms with Crippen LogP contribution in [-0.4, -0.2) is 34.9 Å². The van der Waals surface area contributed by atoms with Crippen molar-refractivity contribution < 1.29 is 9.15 Å². The summed E-state index contributed by atoms with van der Waals surface area (Å²) < 4.78 is 13.6.